The normalized spacial score (nSPS) is 9.93. The van der Waals surface area contributed by atoms with E-state index in [2.05, 4.69) is 0 Å². The smallest absolute Gasteiger partial charge is 0.335 e. The molecular formula is C10H11FO3. The summed E-state index contributed by atoms with van der Waals surface area (Å²) >= 11 is 0. The van der Waals surface area contributed by atoms with Crippen LogP contribution >= 0.6 is 0 Å². The van der Waals surface area contributed by atoms with Crippen LogP contribution in [0.4, 0.5) is 4.39 Å². The van der Waals surface area contributed by atoms with Crippen molar-refractivity contribution >= 4 is 5.97 Å². The Bertz CT molecular complexity index is 361. The Kier molecular flexibility index (Phi) is 3.06. The molecule has 0 aliphatic heterocycles. The topological polar surface area (TPSA) is 46.5 Å². The minimum atomic E-state index is -1.14. The summed E-state index contributed by atoms with van der Waals surface area (Å²) in [6, 6.07) is 2.38. The van der Waals surface area contributed by atoms with E-state index >= 15 is 0 Å². The van der Waals surface area contributed by atoms with Crippen molar-refractivity contribution in [2.45, 2.75) is 13.3 Å². The standard InChI is InChI=1S/C10H11FO3/c1-3-6-4-7(10(12)13)5-8(11)9(6)14-2/h4-5H,3H2,1-2H3,(H,12,13). The van der Waals surface area contributed by atoms with Crippen molar-refractivity contribution < 1.29 is 19.0 Å². The minimum absolute atomic E-state index is 0.0554. The predicted molar refractivity (Wildman–Crippen MR) is 49.3 cm³/mol. The Balaban J connectivity index is 3.31. The average molecular weight is 198 g/mol. The van der Waals surface area contributed by atoms with E-state index < -0.39 is 11.8 Å². The number of carboxylic acid groups (broad SMARTS) is 1. The van der Waals surface area contributed by atoms with Crippen LogP contribution < -0.4 is 4.74 Å². The number of ether oxygens (including phenoxy) is 1. The Labute approximate surface area is 81.1 Å². The van der Waals surface area contributed by atoms with Gasteiger partial charge in [-0.05, 0) is 24.1 Å². The van der Waals surface area contributed by atoms with Gasteiger partial charge >= 0.3 is 5.97 Å². The highest BCUT2D eigenvalue weighted by Gasteiger charge is 2.13. The summed E-state index contributed by atoms with van der Waals surface area (Å²) in [5.74, 6) is -1.65. The number of halogens is 1. The molecule has 1 N–H and O–H groups in total. The lowest BCUT2D eigenvalue weighted by molar-refractivity contribution is 0.0696. The molecule has 0 unspecified atom stereocenters. The van der Waals surface area contributed by atoms with Gasteiger partial charge in [-0.3, -0.25) is 0 Å². The fourth-order valence-electron chi connectivity index (χ4n) is 1.27. The molecule has 0 heterocycles. The van der Waals surface area contributed by atoms with Gasteiger partial charge in [0.1, 0.15) is 0 Å². The molecule has 0 aliphatic rings. The number of aromatic carboxylic acids is 1. The maximum absolute atomic E-state index is 13.3. The molecule has 0 radical (unpaired) electrons. The Morgan fingerprint density at radius 2 is 2.21 bits per heavy atom. The fourth-order valence-corrected chi connectivity index (χ4v) is 1.27. The maximum atomic E-state index is 13.3. The first kappa shape index (κ1) is 10.5. The zero-order valence-electron chi connectivity index (χ0n) is 8.00. The monoisotopic (exact) mass is 198 g/mol. The van der Waals surface area contributed by atoms with E-state index in [1.807, 2.05) is 6.92 Å². The number of carboxylic acids is 1. The van der Waals surface area contributed by atoms with Gasteiger partial charge in [-0.15, -0.1) is 0 Å². The van der Waals surface area contributed by atoms with Gasteiger partial charge in [0.15, 0.2) is 11.6 Å². The van der Waals surface area contributed by atoms with Crippen LogP contribution in [-0.2, 0) is 6.42 Å². The lowest BCUT2D eigenvalue weighted by Gasteiger charge is -2.08. The average Bonchev–Trinajstić information content (AvgIpc) is 2.16. The van der Waals surface area contributed by atoms with Gasteiger partial charge in [0.2, 0.25) is 0 Å². The van der Waals surface area contributed by atoms with E-state index in [-0.39, 0.29) is 11.3 Å². The van der Waals surface area contributed by atoms with Gasteiger partial charge in [-0.1, -0.05) is 6.92 Å². The van der Waals surface area contributed by atoms with E-state index in [9.17, 15) is 9.18 Å². The van der Waals surface area contributed by atoms with Crippen molar-refractivity contribution in [2.75, 3.05) is 7.11 Å². The van der Waals surface area contributed by atoms with Crippen LogP contribution in [-0.4, -0.2) is 18.2 Å². The largest absolute Gasteiger partial charge is 0.493 e. The van der Waals surface area contributed by atoms with Gasteiger partial charge in [0.05, 0.1) is 12.7 Å². The molecule has 0 aromatic heterocycles. The number of rotatable bonds is 3. The Morgan fingerprint density at radius 3 is 2.64 bits per heavy atom. The second-order valence-corrected chi connectivity index (χ2v) is 2.81. The molecule has 0 aliphatic carbocycles. The number of methoxy groups -OCH3 is 1. The molecule has 1 aromatic carbocycles. The highest BCUT2D eigenvalue weighted by Crippen LogP contribution is 2.24. The Morgan fingerprint density at radius 1 is 1.57 bits per heavy atom. The molecule has 0 fully saturated rings. The molecule has 14 heavy (non-hydrogen) atoms. The van der Waals surface area contributed by atoms with Crippen LogP contribution in [0.15, 0.2) is 12.1 Å². The van der Waals surface area contributed by atoms with Crippen molar-refractivity contribution in [2.24, 2.45) is 0 Å². The lowest BCUT2D eigenvalue weighted by Crippen LogP contribution is -2.02. The Hall–Kier alpha value is -1.58. The third kappa shape index (κ3) is 1.84. The second kappa shape index (κ2) is 4.09. The summed E-state index contributed by atoms with van der Waals surface area (Å²) in [5.41, 5.74) is 0.505. The molecule has 1 rings (SSSR count). The van der Waals surface area contributed by atoms with Gasteiger partial charge in [-0.2, -0.15) is 0 Å². The quantitative estimate of drug-likeness (QED) is 0.808. The van der Waals surface area contributed by atoms with E-state index in [1.165, 1.54) is 13.2 Å². The summed E-state index contributed by atoms with van der Waals surface area (Å²) in [5, 5.41) is 8.69. The van der Waals surface area contributed by atoms with Crippen molar-refractivity contribution in [3.63, 3.8) is 0 Å². The molecule has 0 bridgehead atoms. The minimum Gasteiger partial charge on any atom is -0.493 e. The molecule has 0 saturated carbocycles. The summed E-state index contributed by atoms with van der Waals surface area (Å²) in [6.07, 6.45) is 0.529. The molecular weight excluding hydrogens is 187 g/mol. The molecule has 76 valence electrons. The predicted octanol–water partition coefficient (Wildman–Crippen LogP) is 2.09. The lowest BCUT2D eigenvalue weighted by atomic mass is 10.1. The summed E-state index contributed by atoms with van der Waals surface area (Å²) in [6.45, 7) is 1.81. The van der Waals surface area contributed by atoms with Crippen molar-refractivity contribution in [1.29, 1.82) is 0 Å². The molecule has 3 nitrogen and oxygen atoms in total. The highest BCUT2D eigenvalue weighted by atomic mass is 19.1. The molecule has 0 amide bonds. The van der Waals surface area contributed by atoms with Crippen LogP contribution in [0.25, 0.3) is 0 Å². The summed E-state index contributed by atoms with van der Waals surface area (Å²) < 4.78 is 18.1. The van der Waals surface area contributed by atoms with Crippen molar-refractivity contribution in [3.05, 3.63) is 29.1 Å². The van der Waals surface area contributed by atoms with Gasteiger partial charge in [0.25, 0.3) is 0 Å². The first-order chi connectivity index (χ1) is 6.60. The maximum Gasteiger partial charge on any atom is 0.335 e. The number of carbonyl (C=O) groups is 1. The van der Waals surface area contributed by atoms with Gasteiger partial charge < -0.3 is 9.84 Å². The fraction of sp³-hybridized carbons (Fsp3) is 0.300. The van der Waals surface area contributed by atoms with Gasteiger partial charge in [0, 0.05) is 0 Å². The number of aryl methyl sites for hydroxylation is 1. The summed E-state index contributed by atoms with van der Waals surface area (Å²) in [4.78, 5) is 10.6. The number of hydrogen-bond donors (Lipinski definition) is 1. The number of hydrogen-bond acceptors (Lipinski definition) is 2. The third-order valence-corrected chi connectivity index (χ3v) is 1.95. The van der Waals surface area contributed by atoms with Crippen LogP contribution in [0, 0.1) is 5.82 Å². The van der Waals surface area contributed by atoms with Crippen LogP contribution in [0.5, 0.6) is 5.75 Å². The van der Waals surface area contributed by atoms with Crippen LogP contribution in [0.2, 0.25) is 0 Å². The SMILES string of the molecule is CCc1cc(C(=O)O)cc(F)c1OC. The van der Waals surface area contributed by atoms with E-state index in [0.29, 0.717) is 12.0 Å². The highest BCUT2D eigenvalue weighted by molar-refractivity contribution is 5.88. The molecule has 4 heteroatoms. The molecule has 0 spiro atoms. The number of benzene rings is 1. The second-order valence-electron chi connectivity index (χ2n) is 2.81. The van der Waals surface area contributed by atoms with E-state index in [1.54, 1.807) is 0 Å². The van der Waals surface area contributed by atoms with E-state index in [0.717, 1.165) is 6.07 Å². The zero-order valence-corrected chi connectivity index (χ0v) is 8.00. The van der Waals surface area contributed by atoms with Crippen molar-refractivity contribution in [3.8, 4) is 5.75 Å². The van der Waals surface area contributed by atoms with Crippen LogP contribution in [0.3, 0.4) is 0 Å². The first-order valence-electron chi connectivity index (χ1n) is 4.19. The van der Waals surface area contributed by atoms with Crippen molar-refractivity contribution in [1.82, 2.24) is 0 Å². The first-order valence-corrected chi connectivity index (χ1v) is 4.19. The molecule has 0 saturated heterocycles. The van der Waals surface area contributed by atoms with E-state index in [4.69, 9.17) is 9.84 Å². The third-order valence-electron chi connectivity index (χ3n) is 1.95. The summed E-state index contributed by atoms with van der Waals surface area (Å²) in [7, 11) is 1.36. The van der Waals surface area contributed by atoms with Gasteiger partial charge in [-0.25, -0.2) is 9.18 Å². The zero-order chi connectivity index (χ0) is 10.7. The molecule has 1 aromatic rings. The van der Waals surface area contributed by atoms with Crippen LogP contribution in [0.1, 0.15) is 22.8 Å². The molecule has 0 atom stereocenters.